The first-order chi connectivity index (χ1) is 8.99. The number of carbonyl (C=O) groups is 1. The molecule has 2 N–H and O–H groups in total. The van der Waals surface area contributed by atoms with Gasteiger partial charge in [0.2, 0.25) is 0 Å². The first kappa shape index (κ1) is 15.8. The minimum absolute atomic E-state index is 0.200. The Bertz CT molecular complexity index is 429. The first-order valence-corrected chi connectivity index (χ1v) is 7.46. The standard InChI is InChI=1S/C13H21N3O2S/c1-5-8(3)19-7-10-15-9(4)11(12(14)16-10)13(17)18-6-2/h8H,5-7H2,1-4H3,(H2,14,15,16). The summed E-state index contributed by atoms with van der Waals surface area (Å²) in [6.45, 7) is 8.11. The molecule has 0 saturated heterocycles. The molecule has 19 heavy (non-hydrogen) atoms. The highest BCUT2D eigenvalue weighted by Crippen LogP contribution is 2.20. The zero-order valence-corrected chi connectivity index (χ0v) is 12.7. The van der Waals surface area contributed by atoms with Crippen molar-refractivity contribution in [2.75, 3.05) is 12.3 Å². The molecule has 5 nitrogen and oxygen atoms in total. The number of anilines is 1. The van der Waals surface area contributed by atoms with Crippen molar-refractivity contribution < 1.29 is 9.53 Å². The highest BCUT2D eigenvalue weighted by Gasteiger charge is 2.18. The van der Waals surface area contributed by atoms with Gasteiger partial charge in [0.05, 0.1) is 18.1 Å². The summed E-state index contributed by atoms with van der Waals surface area (Å²) < 4.78 is 4.94. The van der Waals surface area contributed by atoms with Crippen LogP contribution in [0.4, 0.5) is 5.82 Å². The number of hydrogen-bond donors (Lipinski definition) is 1. The number of nitrogens with two attached hydrogens (primary N) is 1. The molecule has 0 fully saturated rings. The average Bonchev–Trinajstić information content (AvgIpc) is 2.35. The Hall–Kier alpha value is -1.30. The van der Waals surface area contributed by atoms with Crippen LogP contribution in [0.3, 0.4) is 0 Å². The molecule has 0 bridgehead atoms. The summed E-state index contributed by atoms with van der Waals surface area (Å²) >= 11 is 1.77. The molecule has 6 heteroatoms. The lowest BCUT2D eigenvalue weighted by Gasteiger charge is -2.11. The summed E-state index contributed by atoms with van der Waals surface area (Å²) in [7, 11) is 0. The lowest BCUT2D eigenvalue weighted by molar-refractivity contribution is 0.0526. The van der Waals surface area contributed by atoms with Crippen LogP contribution in [0.2, 0.25) is 0 Å². The number of ether oxygens (including phenoxy) is 1. The summed E-state index contributed by atoms with van der Waals surface area (Å²) in [5.41, 5.74) is 6.68. The molecule has 106 valence electrons. The largest absolute Gasteiger partial charge is 0.462 e. The van der Waals surface area contributed by atoms with Gasteiger partial charge in [-0.25, -0.2) is 14.8 Å². The number of aryl methyl sites for hydroxylation is 1. The number of nitrogens with zero attached hydrogens (tertiary/aromatic N) is 2. The van der Waals surface area contributed by atoms with E-state index >= 15 is 0 Å². The molecule has 0 spiro atoms. The molecular formula is C13H21N3O2S. The molecular weight excluding hydrogens is 262 g/mol. The maximum Gasteiger partial charge on any atom is 0.343 e. The van der Waals surface area contributed by atoms with E-state index in [0.29, 0.717) is 29.1 Å². The summed E-state index contributed by atoms with van der Waals surface area (Å²) in [6.07, 6.45) is 1.10. The quantitative estimate of drug-likeness (QED) is 0.808. The van der Waals surface area contributed by atoms with Crippen LogP contribution in [-0.4, -0.2) is 27.8 Å². The smallest absolute Gasteiger partial charge is 0.343 e. The van der Waals surface area contributed by atoms with Gasteiger partial charge in [-0.15, -0.1) is 0 Å². The Balaban J connectivity index is 2.87. The number of carbonyl (C=O) groups excluding carboxylic acids is 1. The van der Waals surface area contributed by atoms with Crippen molar-refractivity contribution in [2.24, 2.45) is 0 Å². The summed E-state index contributed by atoms with van der Waals surface area (Å²) in [5.74, 6) is 1.10. The van der Waals surface area contributed by atoms with Gasteiger partial charge < -0.3 is 10.5 Å². The number of rotatable bonds is 6. The highest BCUT2D eigenvalue weighted by molar-refractivity contribution is 7.99. The van der Waals surface area contributed by atoms with Crippen LogP contribution in [0.15, 0.2) is 0 Å². The second kappa shape index (κ2) is 7.33. The molecule has 0 aromatic carbocycles. The Morgan fingerprint density at radius 2 is 2.11 bits per heavy atom. The van der Waals surface area contributed by atoms with Crippen molar-refractivity contribution >= 4 is 23.5 Å². The fraction of sp³-hybridized carbons (Fsp3) is 0.615. The Morgan fingerprint density at radius 1 is 1.42 bits per heavy atom. The molecule has 1 heterocycles. The van der Waals surface area contributed by atoms with Gasteiger partial charge in [-0.1, -0.05) is 13.8 Å². The minimum Gasteiger partial charge on any atom is -0.462 e. The Morgan fingerprint density at radius 3 is 2.63 bits per heavy atom. The first-order valence-electron chi connectivity index (χ1n) is 6.41. The predicted molar refractivity (Wildman–Crippen MR) is 78.2 cm³/mol. The molecule has 1 rings (SSSR count). The van der Waals surface area contributed by atoms with Crippen molar-refractivity contribution in [1.29, 1.82) is 0 Å². The molecule has 0 aliphatic carbocycles. The van der Waals surface area contributed by atoms with Crippen molar-refractivity contribution in [3.05, 3.63) is 17.1 Å². The fourth-order valence-electron chi connectivity index (χ4n) is 1.51. The van der Waals surface area contributed by atoms with Gasteiger partial charge >= 0.3 is 5.97 Å². The third-order valence-corrected chi connectivity index (χ3v) is 4.04. The zero-order chi connectivity index (χ0) is 14.4. The monoisotopic (exact) mass is 283 g/mol. The topological polar surface area (TPSA) is 78.1 Å². The second-order valence-electron chi connectivity index (χ2n) is 4.24. The molecule has 1 unspecified atom stereocenters. The van der Waals surface area contributed by atoms with Gasteiger partial charge in [0.25, 0.3) is 0 Å². The van der Waals surface area contributed by atoms with E-state index in [1.807, 2.05) is 0 Å². The lowest BCUT2D eigenvalue weighted by Crippen LogP contribution is -2.14. The molecule has 0 aliphatic heterocycles. The van der Waals surface area contributed by atoms with Crippen molar-refractivity contribution in [3.63, 3.8) is 0 Å². The number of aromatic nitrogens is 2. The van der Waals surface area contributed by atoms with Gasteiger partial charge in [0.1, 0.15) is 17.2 Å². The third-order valence-electron chi connectivity index (χ3n) is 2.72. The fourth-order valence-corrected chi connectivity index (χ4v) is 2.31. The van der Waals surface area contributed by atoms with Crippen molar-refractivity contribution in [1.82, 2.24) is 9.97 Å². The summed E-state index contributed by atoms with van der Waals surface area (Å²) in [6, 6.07) is 0. The molecule has 0 amide bonds. The SMILES string of the molecule is CCOC(=O)c1c(C)nc(CSC(C)CC)nc1N. The second-order valence-corrected chi connectivity index (χ2v) is 5.66. The number of nitrogen functional groups attached to an aromatic ring is 1. The van der Waals surface area contributed by atoms with E-state index in [9.17, 15) is 4.79 Å². The van der Waals surface area contributed by atoms with Crippen LogP contribution < -0.4 is 5.73 Å². The maximum atomic E-state index is 11.7. The van der Waals surface area contributed by atoms with Crippen LogP contribution in [0.25, 0.3) is 0 Å². The predicted octanol–water partition coefficient (Wildman–Crippen LogP) is 2.58. The van der Waals surface area contributed by atoms with Gasteiger partial charge in [-0.05, 0) is 20.3 Å². The highest BCUT2D eigenvalue weighted by atomic mass is 32.2. The van der Waals surface area contributed by atoms with E-state index < -0.39 is 5.97 Å². The van der Waals surface area contributed by atoms with Gasteiger partial charge in [0, 0.05) is 5.25 Å². The molecule has 1 aromatic rings. The normalized spacial score (nSPS) is 12.2. The molecule has 0 radical (unpaired) electrons. The average molecular weight is 283 g/mol. The van der Waals surface area contributed by atoms with E-state index in [2.05, 4.69) is 23.8 Å². The molecule has 1 aromatic heterocycles. The van der Waals surface area contributed by atoms with E-state index in [1.165, 1.54) is 0 Å². The van der Waals surface area contributed by atoms with Crippen LogP contribution >= 0.6 is 11.8 Å². The van der Waals surface area contributed by atoms with E-state index in [0.717, 1.165) is 6.42 Å². The Labute approximate surface area is 118 Å². The summed E-state index contributed by atoms with van der Waals surface area (Å²) in [5, 5.41) is 0.551. The maximum absolute atomic E-state index is 11.7. The minimum atomic E-state index is -0.460. The number of thioether (sulfide) groups is 1. The van der Waals surface area contributed by atoms with Crippen molar-refractivity contribution in [2.45, 2.75) is 45.1 Å². The molecule has 0 aliphatic rings. The lowest BCUT2D eigenvalue weighted by atomic mass is 10.2. The van der Waals surface area contributed by atoms with Crippen LogP contribution in [0.5, 0.6) is 0 Å². The zero-order valence-electron chi connectivity index (χ0n) is 11.9. The van der Waals surface area contributed by atoms with Crippen molar-refractivity contribution in [3.8, 4) is 0 Å². The van der Waals surface area contributed by atoms with Crippen LogP contribution in [0.1, 0.15) is 49.1 Å². The van der Waals surface area contributed by atoms with Gasteiger partial charge in [0.15, 0.2) is 0 Å². The van der Waals surface area contributed by atoms with Crippen LogP contribution in [0, 0.1) is 6.92 Å². The van der Waals surface area contributed by atoms with E-state index in [1.54, 1.807) is 25.6 Å². The van der Waals surface area contributed by atoms with E-state index in [-0.39, 0.29) is 11.4 Å². The van der Waals surface area contributed by atoms with Gasteiger partial charge in [-0.2, -0.15) is 11.8 Å². The molecule has 1 atom stereocenters. The number of esters is 1. The molecule has 0 saturated carbocycles. The summed E-state index contributed by atoms with van der Waals surface area (Å²) in [4.78, 5) is 20.2. The Kier molecular flexibility index (Phi) is 6.08. The van der Waals surface area contributed by atoms with Crippen LogP contribution in [-0.2, 0) is 10.5 Å². The third kappa shape index (κ3) is 4.38. The van der Waals surface area contributed by atoms with Gasteiger partial charge in [-0.3, -0.25) is 0 Å². The number of hydrogen-bond acceptors (Lipinski definition) is 6. The van der Waals surface area contributed by atoms with E-state index in [4.69, 9.17) is 10.5 Å².